The first-order valence-electron chi connectivity index (χ1n) is 8.49. The first-order chi connectivity index (χ1) is 10.8. The highest BCUT2D eigenvalue weighted by molar-refractivity contribution is 7.99. The first kappa shape index (κ1) is 21.4. The van der Waals surface area contributed by atoms with Gasteiger partial charge in [0.1, 0.15) is 5.88 Å². The van der Waals surface area contributed by atoms with E-state index in [4.69, 9.17) is 4.85 Å². The van der Waals surface area contributed by atoms with E-state index in [0.717, 1.165) is 0 Å². The molecule has 1 aromatic rings. The third-order valence-electron chi connectivity index (χ3n) is 4.18. The van der Waals surface area contributed by atoms with Gasteiger partial charge in [-0.2, -0.15) is 9.97 Å². The van der Waals surface area contributed by atoms with Gasteiger partial charge in [-0.3, -0.25) is 0 Å². The predicted octanol–water partition coefficient (Wildman–Crippen LogP) is 7.70. The van der Waals surface area contributed by atoms with Gasteiger partial charge in [0.05, 0.1) is 0 Å². The average Bonchev–Trinajstić information content (AvgIpc) is 2.39. The van der Waals surface area contributed by atoms with Gasteiger partial charge in [0.2, 0.25) is 0 Å². The van der Waals surface area contributed by atoms with E-state index in [-0.39, 0.29) is 15.5 Å². The van der Waals surface area contributed by atoms with Gasteiger partial charge in [0.15, 0.2) is 0 Å². The predicted molar refractivity (Wildman–Crippen MR) is 111 cm³/mol. The van der Waals surface area contributed by atoms with E-state index in [9.17, 15) is 0 Å². The summed E-state index contributed by atoms with van der Waals surface area (Å²) in [5, 5.41) is 8.91. The van der Waals surface area contributed by atoms with Crippen LogP contribution >= 0.6 is 18.8 Å². The molecular formula is C19H34N3PS. The minimum Gasteiger partial charge on any atom is -0.158 e. The first-order valence-corrected chi connectivity index (χ1v) is 11.2. The van der Waals surface area contributed by atoms with Crippen molar-refractivity contribution in [1.29, 1.82) is 0 Å². The molecule has 0 amide bonds. The normalized spacial score (nSPS) is 14.2. The van der Waals surface area contributed by atoms with Gasteiger partial charge >= 0.3 is 0 Å². The molecule has 136 valence electrons. The molecule has 3 nitrogen and oxygen atoms in total. The second-order valence-electron chi connectivity index (χ2n) is 9.05. The van der Waals surface area contributed by atoms with Crippen LogP contribution < -0.4 is 0 Å². The highest BCUT2D eigenvalue weighted by Crippen LogP contribution is 2.76. The summed E-state index contributed by atoms with van der Waals surface area (Å²) in [6.45, 7) is 20.7. The lowest BCUT2D eigenvalue weighted by Crippen LogP contribution is -2.38. The fraction of sp³-hybridized carbons (Fsp3) is 0.684. The third-order valence-corrected chi connectivity index (χ3v) is 11.2. The number of nitrogens with zero attached hydrogens (tertiary/aromatic N) is 3. The van der Waals surface area contributed by atoms with E-state index in [2.05, 4.69) is 84.8 Å². The zero-order valence-electron chi connectivity index (χ0n) is 16.8. The molecule has 0 aliphatic heterocycles. The van der Waals surface area contributed by atoms with Crippen molar-refractivity contribution in [2.45, 2.75) is 82.7 Å². The standard InChI is InChI=1S/C19H34N3PS/c1-17(2,3)23(18(4,5)6,19(7,8)9)22-21-20-15-24-16-13-11-10-12-14-16/h10-14H,15H2,1-9H3/b21-20+. The number of benzene rings is 1. The Morgan fingerprint density at radius 1 is 0.792 bits per heavy atom. The van der Waals surface area contributed by atoms with Crippen LogP contribution in [0.15, 0.2) is 50.4 Å². The molecule has 0 aliphatic rings. The topological polar surface area (TPSA) is 37.1 Å². The maximum Gasteiger partial charge on any atom is 0.112 e. The third kappa shape index (κ3) is 4.73. The molecule has 0 fully saturated rings. The maximum atomic E-state index is 4.96. The molecule has 0 saturated carbocycles. The molecule has 1 aromatic carbocycles. The molecule has 5 heteroatoms. The van der Waals surface area contributed by atoms with Crippen molar-refractivity contribution in [1.82, 2.24) is 0 Å². The van der Waals surface area contributed by atoms with Gasteiger partial charge in [-0.25, -0.2) is 0 Å². The summed E-state index contributed by atoms with van der Waals surface area (Å²) in [5.74, 6) is 0.603. The second kappa shape index (κ2) is 7.74. The summed E-state index contributed by atoms with van der Waals surface area (Å²) < 4.78 is 0. The van der Waals surface area contributed by atoms with Crippen LogP contribution in [0.25, 0.3) is 0 Å². The quantitative estimate of drug-likeness (QED) is 0.232. The summed E-state index contributed by atoms with van der Waals surface area (Å²) in [6, 6.07) is 10.3. The zero-order valence-corrected chi connectivity index (χ0v) is 18.5. The van der Waals surface area contributed by atoms with E-state index in [1.54, 1.807) is 11.8 Å². The molecule has 0 aliphatic carbocycles. The average molecular weight is 368 g/mol. The molecule has 1 rings (SSSR count). The minimum absolute atomic E-state index is 0.0785. The number of thioether (sulfide) groups is 1. The molecule has 0 saturated heterocycles. The van der Waals surface area contributed by atoms with Crippen LogP contribution in [-0.4, -0.2) is 21.3 Å². The monoisotopic (exact) mass is 367 g/mol. The Morgan fingerprint density at radius 3 is 1.67 bits per heavy atom. The van der Waals surface area contributed by atoms with Gasteiger partial charge in [-0.15, -0.1) is 11.8 Å². The van der Waals surface area contributed by atoms with Gasteiger partial charge in [0.25, 0.3) is 0 Å². The molecule has 0 N–H and O–H groups in total. The Balaban J connectivity index is 3.12. The Labute approximate surface area is 153 Å². The van der Waals surface area contributed by atoms with Crippen molar-refractivity contribution in [3.8, 4) is 0 Å². The largest absolute Gasteiger partial charge is 0.158 e. The van der Waals surface area contributed by atoms with E-state index in [1.165, 1.54) is 4.90 Å². The van der Waals surface area contributed by atoms with Gasteiger partial charge in [-0.05, 0) is 12.1 Å². The van der Waals surface area contributed by atoms with Gasteiger partial charge < -0.3 is 0 Å². The maximum absolute atomic E-state index is 4.96. The fourth-order valence-corrected chi connectivity index (χ4v) is 11.8. The van der Waals surface area contributed by atoms with Crippen LogP contribution in [0.1, 0.15) is 62.3 Å². The lowest BCUT2D eigenvalue weighted by atomic mass is 10.2. The lowest BCUT2D eigenvalue weighted by molar-refractivity contribution is 0.624. The molecular weight excluding hydrogens is 333 g/mol. The van der Waals surface area contributed by atoms with Crippen LogP contribution in [0.3, 0.4) is 0 Å². The van der Waals surface area contributed by atoms with Crippen LogP contribution in [-0.2, 0) is 0 Å². The van der Waals surface area contributed by atoms with Crippen molar-refractivity contribution in [3.63, 3.8) is 0 Å². The van der Waals surface area contributed by atoms with Crippen LogP contribution in [0.4, 0.5) is 0 Å². The molecule has 0 heterocycles. The summed E-state index contributed by atoms with van der Waals surface area (Å²) in [7, 11) is -1.80. The van der Waals surface area contributed by atoms with Crippen molar-refractivity contribution in [2.24, 2.45) is 15.2 Å². The Hall–Kier alpha value is -0.600. The Morgan fingerprint density at radius 2 is 1.25 bits per heavy atom. The molecule has 24 heavy (non-hydrogen) atoms. The molecule has 0 radical (unpaired) electrons. The van der Waals surface area contributed by atoms with Crippen LogP contribution in [0.2, 0.25) is 0 Å². The van der Waals surface area contributed by atoms with E-state index < -0.39 is 7.05 Å². The summed E-state index contributed by atoms with van der Waals surface area (Å²) >= 11 is 1.69. The smallest absolute Gasteiger partial charge is 0.112 e. The van der Waals surface area contributed by atoms with Crippen LogP contribution in [0, 0.1) is 0 Å². The summed E-state index contributed by atoms with van der Waals surface area (Å²) in [4.78, 5) is 6.16. The highest BCUT2D eigenvalue weighted by atomic mass is 32.2. The van der Waals surface area contributed by atoms with Crippen molar-refractivity contribution in [2.75, 3.05) is 5.88 Å². The van der Waals surface area contributed by atoms with E-state index in [1.807, 2.05) is 18.2 Å². The van der Waals surface area contributed by atoms with Crippen molar-refractivity contribution in [3.05, 3.63) is 30.3 Å². The molecule has 0 bridgehead atoms. The molecule has 0 spiro atoms. The number of rotatable bonds is 4. The number of hydrogen-bond acceptors (Lipinski definition) is 2. The van der Waals surface area contributed by atoms with Crippen molar-refractivity contribution >= 4 is 18.8 Å². The highest BCUT2D eigenvalue weighted by Gasteiger charge is 2.51. The number of hydrogen-bond donors (Lipinski definition) is 0. The van der Waals surface area contributed by atoms with Gasteiger partial charge in [-0.1, -0.05) is 85.7 Å². The Bertz CT molecular complexity index is 559. The molecule has 0 atom stereocenters. The second-order valence-corrected chi connectivity index (χ2v) is 15.5. The zero-order chi connectivity index (χ0) is 18.6. The molecule has 0 unspecified atom stereocenters. The fourth-order valence-electron chi connectivity index (χ4n) is 4.16. The van der Waals surface area contributed by atoms with Gasteiger partial charge in [0, 0.05) is 27.4 Å². The summed E-state index contributed by atoms with van der Waals surface area (Å²) in [6.07, 6.45) is 0. The van der Waals surface area contributed by atoms with Crippen molar-refractivity contribution < 1.29 is 0 Å². The minimum atomic E-state index is -1.80. The molecule has 0 aromatic heterocycles. The SMILES string of the molecule is CC(C)(C)P(=N/N=N/CSc1ccccc1)(C(C)(C)C)C(C)(C)C. The summed E-state index contributed by atoms with van der Waals surface area (Å²) in [5.41, 5.74) is 0. The lowest BCUT2D eigenvalue weighted by Gasteiger charge is -2.52. The Kier molecular flexibility index (Phi) is 6.92. The van der Waals surface area contributed by atoms with Crippen LogP contribution in [0.5, 0.6) is 0 Å². The van der Waals surface area contributed by atoms with E-state index in [0.29, 0.717) is 5.88 Å². The van der Waals surface area contributed by atoms with E-state index >= 15 is 0 Å².